The van der Waals surface area contributed by atoms with Gasteiger partial charge in [0, 0.05) is 19.5 Å². The lowest BCUT2D eigenvalue weighted by Gasteiger charge is -2.18. The first-order valence-corrected chi connectivity index (χ1v) is 5.64. The molecule has 2 N–H and O–H groups in total. The monoisotopic (exact) mass is 228 g/mol. The summed E-state index contributed by atoms with van der Waals surface area (Å²) in [7, 11) is 0. The van der Waals surface area contributed by atoms with Gasteiger partial charge in [-0.05, 0) is 18.2 Å². The Kier molecular flexibility index (Phi) is 3.15. The normalized spacial score (nSPS) is 21.9. The summed E-state index contributed by atoms with van der Waals surface area (Å²) in [5, 5.41) is 13.3. The maximum Gasteiger partial charge on any atom is 0.348 e. The lowest BCUT2D eigenvalue weighted by atomic mass is 10.3. The van der Waals surface area contributed by atoms with E-state index in [0.29, 0.717) is 11.6 Å². The molecule has 0 bridgehead atoms. The number of rotatable bonds is 1. The zero-order valence-corrected chi connectivity index (χ0v) is 8.97. The van der Waals surface area contributed by atoms with Gasteiger partial charge in [-0.2, -0.15) is 0 Å². The van der Waals surface area contributed by atoms with Crippen LogP contribution in [0, 0.1) is 0 Å². The molecular weight excluding hydrogens is 216 g/mol. The topological polar surface area (TPSA) is 70.9 Å². The maximum absolute atomic E-state index is 11.3. The Morgan fingerprint density at radius 2 is 2.40 bits per heavy atom. The van der Waals surface area contributed by atoms with Crippen molar-refractivity contribution in [2.45, 2.75) is 12.8 Å². The van der Waals surface area contributed by atoms with Crippen LogP contribution in [0.25, 0.3) is 0 Å². The molecular formula is C9H12N2O3S. The second-order valence-electron chi connectivity index (χ2n) is 3.23. The lowest BCUT2D eigenvalue weighted by Crippen LogP contribution is -2.28. The van der Waals surface area contributed by atoms with Gasteiger partial charge in [0.15, 0.2) is 5.17 Å². The van der Waals surface area contributed by atoms with Gasteiger partial charge in [0.2, 0.25) is 0 Å². The summed E-state index contributed by atoms with van der Waals surface area (Å²) in [6.07, 6.45) is 1.39. The zero-order valence-electron chi connectivity index (χ0n) is 8.15. The minimum atomic E-state index is -0.459. The molecule has 0 amide bonds. The van der Waals surface area contributed by atoms with Crippen LogP contribution in [-0.4, -0.2) is 35.9 Å². The number of nitrogens with one attached hydrogen (secondary N) is 1. The predicted molar refractivity (Wildman–Crippen MR) is 57.7 cm³/mol. The van der Waals surface area contributed by atoms with Crippen LogP contribution in [0.3, 0.4) is 0 Å². The van der Waals surface area contributed by atoms with Crippen molar-refractivity contribution < 1.29 is 14.6 Å². The second-order valence-corrected chi connectivity index (χ2v) is 4.23. The Labute approximate surface area is 91.6 Å². The molecule has 0 saturated carbocycles. The third kappa shape index (κ3) is 2.44. The average Bonchev–Trinajstić information content (AvgIpc) is 2.25. The zero-order chi connectivity index (χ0) is 10.7. The number of hydrogen-bond acceptors (Lipinski definition) is 6. The average molecular weight is 228 g/mol. The Morgan fingerprint density at radius 3 is 3.07 bits per heavy atom. The molecule has 0 fully saturated rings. The number of hydrogen-bond donors (Lipinski definition) is 2. The second kappa shape index (κ2) is 4.57. The molecule has 0 radical (unpaired) electrons. The molecule has 0 aromatic carbocycles. The van der Waals surface area contributed by atoms with Crippen LogP contribution in [0.1, 0.15) is 12.8 Å². The van der Waals surface area contributed by atoms with Crippen molar-refractivity contribution in [3.8, 4) is 0 Å². The summed E-state index contributed by atoms with van der Waals surface area (Å²) in [6, 6.07) is 0. The third-order valence-corrected chi connectivity index (χ3v) is 3.16. The standard InChI is InChI=1S/C9H12N2O3S/c12-6-2-5-14-8(13)7(6)15-9-10-3-1-4-11-9/h12H,1-5H2,(H,10,11). The molecule has 2 rings (SSSR count). The van der Waals surface area contributed by atoms with Gasteiger partial charge in [0.1, 0.15) is 10.7 Å². The number of carbonyl (C=O) groups is 1. The van der Waals surface area contributed by atoms with Crippen molar-refractivity contribution in [3.63, 3.8) is 0 Å². The number of thioether (sulfide) groups is 1. The van der Waals surface area contributed by atoms with Gasteiger partial charge in [-0.15, -0.1) is 0 Å². The first-order valence-electron chi connectivity index (χ1n) is 4.83. The molecule has 0 aromatic rings. The number of nitrogens with zero attached hydrogens (tertiary/aromatic N) is 1. The van der Waals surface area contributed by atoms with E-state index in [1.54, 1.807) is 0 Å². The molecule has 2 heterocycles. The minimum Gasteiger partial charge on any atom is -0.511 e. The molecule has 0 atom stereocenters. The van der Waals surface area contributed by atoms with E-state index >= 15 is 0 Å². The summed E-state index contributed by atoms with van der Waals surface area (Å²) in [5.41, 5.74) is 0. The van der Waals surface area contributed by atoms with E-state index in [1.165, 1.54) is 0 Å². The van der Waals surface area contributed by atoms with E-state index in [9.17, 15) is 9.90 Å². The van der Waals surface area contributed by atoms with Crippen molar-refractivity contribution in [1.29, 1.82) is 0 Å². The molecule has 0 aromatic heterocycles. The molecule has 2 aliphatic rings. The molecule has 0 spiro atoms. The highest BCUT2D eigenvalue weighted by molar-refractivity contribution is 8.17. The van der Waals surface area contributed by atoms with Crippen LogP contribution in [0.2, 0.25) is 0 Å². The first kappa shape index (κ1) is 10.4. The van der Waals surface area contributed by atoms with E-state index in [1.807, 2.05) is 0 Å². The van der Waals surface area contributed by atoms with Gasteiger partial charge in [0.25, 0.3) is 0 Å². The van der Waals surface area contributed by atoms with Crippen LogP contribution in [0.15, 0.2) is 15.7 Å². The number of aliphatic imine (C=N–C) groups is 1. The number of cyclic esters (lactones) is 1. The Bertz CT molecular complexity index is 338. The molecule has 82 valence electrons. The number of ether oxygens (including phenoxy) is 1. The highest BCUT2D eigenvalue weighted by atomic mass is 32.2. The van der Waals surface area contributed by atoms with E-state index in [2.05, 4.69) is 10.3 Å². The fraction of sp³-hybridized carbons (Fsp3) is 0.556. The SMILES string of the molecule is O=C1OCCC(O)=C1SC1=NCCCN1. The van der Waals surface area contributed by atoms with Gasteiger partial charge < -0.3 is 15.2 Å². The van der Waals surface area contributed by atoms with Gasteiger partial charge in [-0.3, -0.25) is 4.99 Å². The Hall–Kier alpha value is -1.17. The fourth-order valence-corrected chi connectivity index (χ4v) is 2.20. The van der Waals surface area contributed by atoms with Crippen LogP contribution in [0.4, 0.5) is 0 Å². The van der Waals surface area contributed by atoms with Gasteiger partial charge in [0.05, 0.1) is 6.61 Å². The maximum atomic E-state index is 11.3. The summed E-state index contributed by atoms with van der Waals surface area (Å²) in [4.78, 5) is 15.8. The molecule has 0 aliphatic carbocycles. The highest BCUT2D eigenvalue weighted by Gasteiger charge is 2.24. The molecule has 2 aliphatic heterocycles. The molecule has 5 nitrogen and oxygen atoms in total. The summed E-state index contributed by atoms with van der Waals surface area (Å²) < 4.78 is 4.84. The Morgan fingerprint density at radius 1 is 1.53 bits per heavy atom. The predicted octanol–water partition coefficient (Wildman–Crippen LogP) is 0.785. The fourth-order valence-electron chi connectivity index (χ4n) is 1.31. The number of aliphatic hydroxyl groups is 1. The summed E-state index contributed by atoms with van der Waals surface area (Å²) in [5.74, 6) is -0.356. The van der Waals surface area contributed by atoms with Crippen molar-refractivity contribution >= 4 is 22.9 Å². The molecule has 15 heavy (non-hydrogen) atoms. The van der Waals surface area contributed by atoms with E-state index in [4.69, 9.17) is 4.74 Å². The van der Waals surface area contributed by atoms with Crippen molar-refractivity contribution in [2.24, 2.45) is 4.99 Å². The first-order chi connectivity index (χ1) is 7.27. The largest absolute Gasteiger partial charge is 0.511 e. The molecule has 0 unspecified atom stereocenters. The number of aliphatic hydroxyl groups excluding tert-OH is 1. The molecule has 0 saturated heterocycles. The van der Waals surface area contributed by atoms with Crippen LogP contribution in [-0.2, 0) is 9.53 Å². The van der Waals surface area contributed by atoms with Crippen molar-refractivity contribution in [3.05, 3.63) is 10.7 Å². The smallest absolute Gasteiger partial charge is 0.348 e. The number of carbonyl (C=O) groups excluding carboxylic acids is 1. The summed E-state index contributed by atoms with van der Waals surface area (Å²) in [6.45, 7) is 1.88. The number of amidine groups is 1. The highest BCUT2D eigenvalue weighted by Crippen LogP contribution is 2.26. The van der Waals surface area contributed by atoms with E-state index < -0.39 is 5.97 Å². The van der Waals surface area contributed by atoms with E-state index in [-0.39, 0.29) is 17.3 Å². The van der Waals surface area contributed by atoms with Gasteiger partial charge >= 0.3 is 5.97 Å². The molecule has 6 heteroatoms. The van der Waals surface area contributed by atoms with Crippen LogP contribution >= 0.6 is 11.8 Å². The third-order valence-electron chi connectivity index (χ3n) is 2.08. The van der Waals surface area contributed by atoms with Crippen molar-refractivity contribution in [1.82, 2.24) is 5.32 Å². The van der Waals surface area contributed by atoms with Gasteiger partial charge in [-0.25, -0.2) is 4.79 Å². The number of esters is 1. The van der Waals surface area contributed by atoms with Crippen molar-refractivity contribution in [2.75, 3.05) is 19.7 Å². The minimum absolute atomic E-state index is 0.103. The van der Waals surface area contributed by atoms with Gasteiger partial charge in [-0.1, -0.05) is 0 Å². The Balaban J connectivity index is 2.09. The van der Waals surface area contributed by atoms with E-state index in [0.717, 1.165) is 31.3 Å². The lowest BCUT2D eigenvalue weighted by molar-refractivity contribution is -0.139. The van der Waals surface area contributed by atoms with Crippen LogP contribution in [0.5, 0.6) is 0 Å². The quantitative estimate of drug-likeness (QED) is 0.649. The van der Waals surface area contributed by atoms with Crippen LogP contribution < -0.4 is 5.32 Å². The summed E-state index contributed by atoms with van der Waals surface area (Å²) >= 11 is 1.15.